The second-order valence-corrected chi connectivity index (χ2v) is 8.82. The fraction of sp³-hybridized carbons (Fsp3) is 0.440. The third kappa shape index (κ3) is 4.26. The molecule has 2 fully saturated rings. The molecular weight excluding hydrogens is 376 g/mol. The molecule has 4 rings (SSSR count). The summed E-state index contributed by atoms with van der Waals surface area (Å²) >= 11 is 0. The first-order chi connectivity index (χ1) is 14.4. The molecule has 2 amide bonds. The topological polar surface area (TPSA) is 49.9 Å². The second kappa shape index (κ2) is 8.23. The van der Waals surface area contributed by atoms with Crippen LogP contribution in [0, 0.1) is 12.8 Å². The van der Waals surface area contributed by atoms with Crippen LogP contribution in [0.25, 0.3) is 11.1 Å². The van der Waals surface area contributed by atoms with Crippen LogP contribution in [-0.4, -0.2) is 61.0 Å². The highest BCUT2D eigenvalue weighted by Gasteiger charge is 2.47. The summed E-state index contributed by atoms with van der Waals surface area (Å²) in [5, 5.41) is 0. The fourth-order valence-corrected chi connectivity index (χ4v) is 4.22. The SMILES string of the molecule is Cc1ccc(-c2cccc(C[C@@]3(C(=O)N(C)C)CN(C(=O)C4CC4)CCO3)c2)cc1. The lowest BCUT2D eigenvalue weighted by atomic mass is 9.89. The maximum Gasteiger partial charge on any atom is 0.256 e. The zero-order valence-corrected chi connectivity index (χ0v) is 18.1. The first kappa shape index (κ1) is 20.6. The molecule has 2 aromatic rings. The van der Waals surface area contributed by atoms with Gasteiger partial charge in [-0.1, -0.05) is 54.1 Å². The summed E-state index contributed by atoms with van der Waals surface area (Å²) in [6, 6.07) is 16.7. The molecule has 0 N–H and O–H groups in total. The van der Waals surface area contributed by atoms with Crippen LogP contribution in [-0.2, 0) is 20.7 Å². The molecule has 2 aliphatic rings. The van der Waals surface area contributed by atoms with E-state index in [0.29, 0.717) is 26.1 Å². The number of likely N-dealkylation sites (N-methyl/N-ethyl adjacent to an activating group) is 1. The first-order valence-electron chi connectivity index (χ1n) is 10.7. The Morgan fingerprint density at radius 2 is 1.83 bits per heavy atom. The van der Waals surface area contributed by atoms with Crippen molar-refractivity contribution in [2.24, 2.45) is 5.92 Å². The normalized spacial score (nSPS) is 21.4. The first-order valence-corrected chi connectivity index (χ1v) is 10.7. The summed E-state index contributed by atoms with van der Waals surface area (Å²) in [6.07, 6.45) is 2.37. The number of hydrogen-bond acceptors (Lipinski definition) is 3. The fourth-order valence-electron chi connectivity index (χ4n) is 4.22. The number of ether oxygens (including phenoxy) is 1. The van der Waals surface area contributed by atoms with E-state index in [2.05, 4.69) is 43.3 Å². The van der Waals surface area contributed by atoms with E-state index in [1.165, 1.54) is 5.56 Å². The highest BCUT2D eigenvalue weighted by molar-refractivity contribution is 5.88. The van der Waals surface area contributed by atoms with Gasteiger partial charge in [-0.3, -0.25) is 9.59 Å². The van der Waals surface area contributed by atoms with Crippen molar-refractivity contribution in [3.8, 4) is 11.1 Å². The lowest BCUT2D eigenvalue weighted by Gasteiger charge is -2.43. The van der Waals surface area contributed by atoms with Crippen molar-refractivity contribution in [2.75, 3.05) is 33.8 Å². The summed E-state index contributed by atoms with van der Waals surface area (Å²) in [7, 11) is 3.50. The van der Waals surface area contributed by atoms with Gasteiger partial charge in [-0.05, 0) is 36.5 Å². The molecule has 5 heteroatoms. The van der Waals surface area contributed by atoms with Crippen molar-refractivity contribution in [1.29, 1.82) is 0 Å². The highest BCUT2D eigenvalue weighted by atomic mass is 16.5. The Morgan fingerprint density at radius 1 is 1.10 bits per heavy atom. The van der Waals surface area contributed by atoms with Crippen LogP contribution in [0.3, 0.4) is 0 Å². The number of rotatable bonds is 5. The minimum Gasteiger partial charge on any atom is -0.361 e. The van der Waals surface area contributed by atoms with Gasteiger partial charge in [0.1, 0.15) is 0 Å². The molecular formula is C25H30N2O3. The Morgan fingerprint density at radius 3 is 2.50 bits per heavy atom. The molecule has 0 radical (unpaired) electrons. The number of morpholine rings is 1. The minimum atomic E-state index is -1.04. The molecule has 1 saturated carbocycles. The summed E-state index contributed by atoms with van der Waals surface area (Å²) in [5.74, 6) is 0.222. The number of carbonyl (C=O) groups excluding carboxylic acids is 2. The van der Waals surface area contributed by atoms with Crippen LogP contribution in [0.4, 0.5) is 0 Å². The molecule has 158 valence electrons. The van der Waals surface area contributed by atoms with Crippen LogP contribution >= 0.6 is 0 Å². The van der Waals surface area contributed by atoms with Gasteiger partial charge in [0.25, 0.3) is 5.91 Å². The number of nitrogens with zero attached hydrogens (tertiary/aromatic N) is 2. The van der Waals surface area contributed by atoms with E-state index in [0.717, 1.165) is 29.5 Å². The Kier molecular flexibility index (Phi) is 5.65. The van der Waals surface area contributed by atoms with Crippen molar-refractivity contribution in [2.45, 2.75) is 31.8 Å². The van der Waals surface area contributed by atoms with Gasteiger partial charge < -0.3 is 14.5 Å². The average Bonchev–Trinajstić information content (AvgIpc) is 3.59. The molecule has 1 saturated heterocycles. The number of amides is 2. The number of carbonyl (C=O) groups is 2. The van der Waals surface area contributed by atoms with E-state index in [1.54, 1.807) is 19.0 Å². The predicted molar refractivity (Wildman–Crippen MR) is 117 cm³/mol. The van der Waals surface area contributed by atoms with Crippen LogP contribution in [0.1, 0.15) is 24.0 Å². The van der Waals surface area contributed by atoms with E-state index < -0.39 is 5.60 Å². The van der Waals surface area contributed by atoms with E-state index >= 15 is 0 Å². The molecule has 30 heavy (non-hydrogen) atoms. The van der Waals surface area contributed by atoms with Gasteiger partial charge >= 0.3 is 0 Å². The van der Waals surface area contributed by atoms with Crippen molar-refractivity contribution in [3.63, 3.8) is 0 Å². The Labute approximate surface area is 178 Å². The molecule has 0 bridgehead atoms. The molecule has 0 aromatic heterocycles. The van der Waals surface area contributed by atoms with Gasteiger partial charge in [-0.15, -0.1) is 0 Å². The number of hydrogen-bond donors (Lipinski definition) is 0. The molecule has 1 aliphatic carbocycles. The monoisotopic (exact) mass is 406 g/mol. The maximum absolute atomic E-state index is 13.2. The molecule has 0 spiro atoms. The molecule has 0 unspecified atom stereocenters. The number of aryl methyl sites for hydroxylation is 1. The lowest BCUT2D eigenvalue weighted by Crippen LogP contribution is -2.62. The zero-order valence-electron chi connectivity index (χ0n) is 18.1. The number of benzene rings is 2. The molecule has 5 nitrogen and oxygen atoms in total. The standard InChI is InChI=1S/C25H30N2O3/c1-18-7-9-20(10-8-18)22-6-4-5-19(15-22)16-25(24(29)26(2)3)17-27(13-14-30-25)23(28)21-11-12-21/h4-10,15,21H,11-14,16-17H2,1-3H3/t25-/m0/s1. The van der Waals surface area contributed by atoms with Crippen molar-refractivity contribution in [1.82, 2.24) is 9.80 Å². The van der Waals surface area contributed by atoms with E-state index in [4.69, 9.17) is 4.74 Å². The van der Waals surface area contributed by atoms with Crippen molar-refractivity contribution < 1.29 is 14.3 Å². The summed E-state index contributed by atoms with van der Waals surface area (Å²) < 4.78 is 6.15. The highest BCUT2D eigenvalue weighted by Crippen LogP contribution is 2.34. The molecule has 1 aliphatic heterocycles. The van der Waals surface area contributed by atoms with Gasteiger partial charge in [0.05, 0.1) is 13.2 Å². The van der Waals surface area contributed by atoms with Crippen LogP contribution in [0.15, 0.2) is 48.5 Å². The van der Waals surface area contributed by atoms with Gasteiger partial charge in [-0.2, -0.15) is 0 Å². The van der Waals surface area contributed by atoms with Crippen molar-refractivity contribution >= 4 is 11.8 Å². The van der Waals surface area contributed by atoms with Crippen LogP contribution in [0.2, 0.25) is 0 Å². The molecule has 2 aromatic carbocycles. The van der Waals surface area contributed by atoms with Crippen LogP contribution in [0.5, 0.6) is 0 Å². The largest absolute Gasteiger partial charge is 0.361 e. The van der Waals surface area contributed by atoms with Gasteiger partial charge in [-0.25, -0.2) is 0 Å². The third-order valence-electron chi connectivity index (χ3n) is 6.02. The molecule has 1 heterocycles. The van der Waals surface area contributed by atoms with Gasteiger partial charge in [0.15, 0.2) is 5.60 Å². The van der Waals surface area contributed by atoms with Crippen molar-refractivity contribution in [3.05, 3.63) is 59.7 Å². The average molecular weight is 407 g/mol. The second-order valence-electron chi connectivity index (χ2n) is 8.82. The predicted octanol–water partition coefficient (Wildman–Crippen LogP) is 3.30. The zero-order chi connectivity index (χ0) is 21.3. The van der Waals surface area contributed by atoms with E-state index in [9.17, 15) is 9.59 Å². The smallest absolute Gasteiger partial charge is 0.256 e. The maximum atomic E-state index is 13.2. The summed E-state index contributed by atoms with van der Waals surface area (Å²) in [5.41, 5.74) is 3.47. The summed E-state index contributed by atoms with van der Waals surface area (Å²) in [6.45, 7) is 3.33. The van der Waals surface area contributed by atoms with E-state index in [-0.39, 0.29) is 17.7 Å². The molecule has 1 atom stereocenters. The van der Waals surface area contributed by atoms with E-state index in [1.807, 2.05) is 17.0 Å². The Bertz CT molecular complexity index is 934. The summed E-state index contributed by atoms with van der Waals surface area (Å²) in [4.78, 5) is 29.4. The Balaban J connectivity index is 1.62. The van der Waals surface area contributed by atoms with Crippen LogP contribution < -0.4 is 0 Å². The Hall–Kier alpha value is -2.66. The van der Waals surface area contributed by atoms with Gasteiger partial charge in [0.2, 0.25) is 5.91 Å². The quantitative estimate of drug-likeness (QED) is 0.766. The minimum absolute atomic E-state index is 0.0865. The third-order valence-corrected chi connectivity index (χ3v) is 6.02. The lowest BCUT2D eigenvalue weighted by molar-refractivity contribution is -0.173. The van der Waals surface area contributed by atoms with Gasteiger partial charge in [0, 0.05) is 33.0 Å².